The van der Waals surface area contributed by atoms with Gasteiger partial charge in [-0.15, -0.1) is 0 Å². The van der Waals surface area contributed by atoms with E-state index in [4.69, 9.17) is 26.4 Å². The molecule has 55 heavy (non-hydrogen) atoms. The molecule has 1 aliphatic heterocycles. The third-order valence-electron chi connectivity index (χ3n) is 11.2. The first-order valence-corrected chi connectivity index (χ1v) is 19.3. The lowest BCUT2D eigenvalue weighted by Gasteiger charge is -2.44. The van der Waals surface area contributed by atoms with Crippen LogP contribution in [0.3, 0.4) is 0 Å². The van der Waals surface area contributed by atoms with Gasteiger partial charge >= 0.3 is 0 Å². The normalized spacial score (nSPS) is 23.5. The van der Waals surface area contributed by atoms with Crippen molar-refractivity contribution in [3.05, 3.63) is 180 Å². The smallest absolute Gasteiger partial charge is 0.114 e. The van der Waals surface area contributed by atoms with Crippen LogP contribution < -0.4 is 11.5 Å². The molecule has 5 aliphatic rings. The zero-order valence-corrected chi connectivity index (χ0v) is 32.1. The van der Waals surface area contributed by atoms with Crippen molar-refractivity contribution in [2.75, 3.05) is 6.54 Å². The van der Waals surface area contributed by atoms with Crippen molar-refractivity contribution in [2.45, 2.75) is 63.6 Å². The third-order valence-corrected chi connectivity index (χ3v) is 11.2. The molecule has 1 fully saturated rings. The number of aromatic nitrogens is 1. The lowest BCUT2D eigenvalue weighted by molar-refractivity contribution is -0.160. The van der Waals surface area contributed by atoms with E-state index in [1.165, 1.54) is 56.2 Å². The number of para-hydroxylation sites is 2. The van der Waals surface area contributed by atoms with Gasteiger partial charge in [0.05, 0.1) is 11.0 Å². The van der Waals surface area contributed by atoms with Crippen molar-refractivity contribution in [3.63, 3.8) is 0 Å². The summed E-state index contributed by atoms with van der Waals surface area (Å²) in [6.45, 7) is 10.4. The number of benzene rings is 4. The van der Waals surface area contributed by atoms with Gasteiger partial charge in [-0.05, 0) is 76.7 Å². The Hall–Kier alpha value is -5.37. The Morgan fingerprint density at radius 3 is 1.98 bits per heavy atom. The first kappa shape index (κ1) is 37.9. The van der Waals surface area contributed by atoms with Gasteiger partial charge in [0.1, 0.15) is 24.4 Å². The Labute approximate surface area is 325 Å². The number of rotatable bonds is 3. The Morgan fingerprint density at radius 2 is 1.36 bits per heavy atom. The Morgan fingerprint density at radius 1 is 0.727 bits per heavy atom. The topological polar surface area (TPSA) is 99.3 Å². The molecule has 0 spiro atoms. The molecule has 6 heteroatoms. The summed E-state index contributed by atoms with van der Waals surface area (Å²) in [4.78, 5) is 0. The van der Waals surface area contributed by atoms with E-state index in [0.717, 1.165) is 17.1 Å². The molecule has 10 rings (SSSR count). The number of nitrogens with zero attached hydrogens (tertiary/aromatic N) is 1. The minimum atomic E-state index is -0.0762. The molecule has 0 radical (unpaired) electrons. The maximum Gasteiger partial charge on any atom is 0.114 e. The predicted octanol–water partition coefficient (Wildman–Crippen LogP) is 9.92. The highest BCUT2D eigenvalue weighted by Crippen LogP contribution is 2.52. The number of allylic oxidation sites excluding steroid dienone is 8. The first-order valence-electron chi connectivity index (χ1n) is 19.3. The fourth-order valence-electron chi connectivity index (χ4n) is 8.40. The fraction of sp³-hybridized carbons (Fsp3) is 0.245. The van der Waals surface area contributed by atoms with E-state index >= 15 is 0 Å². The third kappa shape index (κ3) is 7.27. The van der Waals surface area contributed by atoms with Crippen LogP contribution in [0.2, 0.25) is 0 Å². The van der Waals surface area contributed by atoms with Gasteiger partial charge in [-0.25, -0.2) is 0 Å². The minimum absolute atomic E-state index is 0.00166. The zero-order valence-electron chi connectivity index (χ0n) is 32.1. The van der Waals surface area contributed by atoms with Crippen molar-refractivity contribution >= 4 is 34.1 Å². The van der Waals surface area contributed by atoms with Crippen LogP contribution in [0.5, 0.6) is 0 Å². The predicted molar refractivity (Wildman–Crippen MR) is 230 cm³/mol. The van der Waals surface area contributed by atoms with Crippen molar-refractivity contribution < 1.29 is 9.47 Å². The first-order chi connectivity index (χ1) is 26.9. The summed E-state index contributed by atoms with van der Waals surface area (Å²) in [7, 11) is 0. The lowest BCUT2D eigenvalue weighted by atomic mass is 9.79. The van der Waals surface area contributed by atoms with Gasteiger partial charge in [0.2, 0.25) is 0 Å². The van der Waals surface area contributed by atoms with E-state index in [9.17, 15) is 0 Å². The molecule has 1 saturated heterocycles. The van der Waals surface area contributed by atoms with Gasteiger partial charge in [0.15, 0.2) is 0 Å². The molecule has 6 nitrogen and oxygen atoms in total. The van der Waals surface area contributed by atoms with Crippen molar-refractivity contribution in [3.8, 4) is 5.69 Å². The molecular formula is C49H52N4O2. The number of hydrogen-bond acceptors (Lipinski definition) is 5. The van der Waals surface area contributed by atoms with Crippen molar-refractivity contribution in [1.82, 2.24) is 4.57 Å². The highest BCUT2D eigenvalue weighted by Gasteiger charge is 2.48. The number of fused-ring (bicyclic) bond motifs is 8. The van der Waals surface area contributed by atoms with Crippen LogP contribution >= 0.6 is 0 Å². The molecule has 5 atom stereocenters. The van der Waals surface area contributed by atoms with Crippen LogP contribution in [-0.2, 0) is 21.4 Å². The van der Waals surface area contributed by atoms with Gasteiger partial charge in [-0.2, -0.15) is 0 Å². The number of nitrogens with two attached hydrogens (primary N) is 2. The summed E-state index contributed by atoms with van der Waals surface area (Å²) in [5.41, 5.74) is 22.8. The highest BCUT2D eigenvalue weighted by molar-refractivity contribution is 6.09. The average Bonchev–Trinajstić information content (AvgIpc) is 3.70. The molecule has 0 bridgehead atoms. The summed E-state index contributed by atoms with van der Waals surface area (Å²) in [6.07, 6.45) is 20.1. The second-order valence-electron chi connectivity index (χ2n) is 15.0. The van der Waals surface area contributed by atoms with E-state index in [0.29, 0.717) is 13.1 Å². The monoisotopic (exact) mass is 728 g/mol. The van der Waals surface area contributed by atoms with Crippen LogP contribution in [0.25, 0.3) is 33.1 Å². The number of nitrogens with one attached hydrogen (secondary N) is 1. The molecule has 1 aromatic heterocycles. The number of hydrogen-bond donors (Lipinski definition) is 3. The molecular weight excluding hydrogens is 677 g/mol. The molecule has 5 unspecified atom stereocenters. The van der Waals surface area contributed by atoms with E-state index < -0.39 is 0 Å². The Balaban J connectivity index is 0.000000140. The van der Waals surface area contributed by atoms with Gasteiger partial charge in [0.25, 0.3) is 0 Å². The molecule has 5 aromatic rings. The largest absolute Gasteiger partial charge is 0.360 e. The molecule has 5 N–H and O–H groups in total. The molecule has 280 valence electrons. The maximum atomic E-state index is 6.57. The molecule has 4 aliphatic carbocycles. The summed E-state index contributed by atoms with van der Waals surface area (Å²) >= 11 is 0. The van der Waals surface area contributed by atoms with E-state index in [1.807, 2.05) is 6.08 Å². The van der Waals surface area contributed by atoms with Crippen LogP contribution in [0.4, 0.5) is 0 Å². The Kier molecular flexibility index (Phi) is 11.4. The van der Waals surface area contributed by atoms with Crippen molar-refractivity contribution in [1.29, 1.82) is 5.41 Å². The summed E-state index contributed by atoms with van der Waals surface area (Å²) in [5.74, 6) is 0.769. The standard InChI is InChI=1S/C22H23NO2.C19H16N2.C7H10.CH3N/c1-22(2)15-8-4-3-7-14(15)19-16(22)10-11-18-21(19)25-17-9-5-6-13(12-23)20(17)24-18;20-13-14-9-11-15(12-10-14)21-18-7-3-1-5-16(18)17-6-2-4-8-19(17)21;1-7-5-3-2-4-6-7;1-2/h3-11,17-18,20-21H,12,23H2,1-2H3;1-12H,13,20H2;2-5,7H,6H2,1H3;2H,1H2. The average molecular weight is 729 g/mol. The minimum Gasteiger partial charge on any atom is -0.360 e. The summed E-state index contributed by atoms with van der Waals surface area (Å²) in [5, 5.41) is 8.08. The van der Waals surface area contributed by atoms with Crippen LogP contribution in [0, 0.1) is 11.3 Å². The second kappa shape index (κ2) is 16.6. The fourth-order valence-corrected chi connectivity index (χ4v) is 8.40. The highest BCUT2D eigenvalue weighted by atomic mass is 16.6. The Bertz CT molecular complexity index is 2280. The zero-order chi connectivity index (χ0) is 38.5. The molecule has 4 aromatic carbocycles. The summed E-state index contributed by atoms with van der Waals surface area (Å²) < 4.78 is 15.3. The van der Waals surface area contributed by atoms with Crippen molar-refractivity contribution in [2.24, 2.45) is 17.4 Å². The van der Waals surface area contributed by atoms with Gasteiger partial charge < -0.3 is 30.9 Å². The summed E-state index contributed by atoms with van der Waals surface area (Å²) in [6, 6.07) is 34.2. The quantitative estimate of drug-likeness (QED) is 0.161. The van der Waals surface area contributed by atoms with Crippen LogP contribution in [-0.4, -0.2) is 42.2 Å². The van der Waals surface area contributed by atoms with Gasteiger partial charge in [0, 0.05) is 35.0 Å². The van der Waals surface area contributed by atoms with Crippen LogP contribution in [0.15, 0.2) is 163 Å². The molecule has 0 saturated carbocycles. The van der Waals surface area contributed by atoms with E-state index in [2.05, 4.69) is 178 Å². The van der Waals surface area contributed by atoms with Gasteiger partial charge in [-0.3, -0.25) is 0 Å². The van der Waals surface area contributed by atoms with Gasteiger partial charge in [-0.1, -0.05) is 148 Å². The maximum absolute atomic E-state index is 6.57. The molecule has 2 heterocycles. The SMILES string of the molecule is C=N.CC1(C)C2=C(c3ccccc31)C1OC3C=CC=C(CN)C3OC1C=C2.CC1C=CC=CC1.NCc1ccc(-n2c3ccccc3c3ccccc32)cc1. The lowest BCUT2D eigenvalue weighted by Crippen LogP contribution is -2.51. The van der Waals surface area contributed by atoms with Crippen LogP contribution in [0.1, 0.15) is 43.9 Å². The van der Waals surface area contributed by atoms with E-state index in [1.54, 1.807) is 0 Å². The molecule has 0 amide bonds. The van der Waals surface area contributed by atoms with E-state index in [-0.39, 0.29) is 29.8 Å². The number of ether oxygens (including phenoxy) is 2. The second-order valence-corrected chi connectivity index (χ2v) is 15.0.